The molecule has 1 aromatic heterocycles. The Morgan fingerprint density at radius 3 is 2.36 bits per heavy atom. The van der Waals surface area contributed by atoms with Gasteiger partial charge in [-0.15, -0.1) is 0 Å². The van der Waals surface area contributed by atoms with Crippen molar-refractivity contribution in [2.45, 2.75) is 26.4 Å². The molecular formula is C20H27N3O2. The average Bonchev–Trinajstić information content (AvgIpc) is 3.11. The van der Waals surface area contributed by atoms with E-state index in [1.807, 2.05) is 13.0 Å². The van der Waals surface area contributed by atoms with Crippen LogP contribution >= 0.6 is 0 Å². The van der Waals surface area contributed by atoms with Crippen molar-refractivity contribution in [3.8, 4) is 0 Å². The van der Waals surface area contributed by atoms with E-state index in [1.165, 1.54) is 5.56 Å². The molecular weight excluding hydrogens is 314 g/mol. The van der Waals surface area contributed by atoms with Crippen LogP contribution in [0.1, 0.15) is 35.2 Å². The smallest absolute Gasteiger partial charge is 0.286 e. The molecule has 5 nitrogen and oxygen atoms in total. The lowest BCUT2D eigenvalue weighted by molar-refractivity contribution is 0.0915. The van der Waals surface area contributed by atoms with Crippen molar-refractivity contribution in [2.75, 3.05) is 32.7 Å². The van der Waals surface area contributed by atoms with E-state index >= 15 is 0 Å². The quantitative estimate of drug-likeness (QED) is 0.841. The number of furan rings is 1. The number of hydrogen-bond acceptors (Lipinski definition) is 4. The summed E-state index contributed by atoms with van der Waals surface area (Å²) in [5.41, 5.74) is 1.37. The minimum atomic E-state index is -0.124. The van der Waals surface area contributed by atoms with Gasteiger partial charge in [-0.3, -0.25) is 14.6 Å². The largest absolute Gasteiger partial charge is 0.455 e. The lowest BCUT2D eigenvalue weighted by atomic mass is 10.2. The van der Waals surface area contributed by atoms with Crippen LogP contribution in [0.3, 0.4) is 0 Å². The third-order valence-electron chi connectivity index (χ3n) is 4.51. The lowest BCUT2D eigenvalue weighted by Gasteiger charge is -2.34. The molecule has 1 amide bonds. The van der Waals surface area contributed by atoms with Gasteiger partial charge in [-0.1, -0.05) is 37.3 Å². The van der Waals surface area contributed by atoms with Gasteiger partial charge in [0.25, 0.3) is 5.91 Å². The van der Waals surface area contributed by atoms with Crippen LogP contribution in [-0.2, 0) is 13.1 Å². The summed E-state index contributed by atoms with van der Waals surface area (Å²) in [7, 11) is 0. The third-order valence-corrected chi connectivity index (χ3v) is 4.51. The first kappa shape index (κ1) is 17.7. The van der Waals surface area contributed by atoms with Crippen LogP contribution in [0.15, 0.2) is 46.9 Å². The van der Waals surface area contributed by atoms with Gasteiger partial charge in [-0.05, 0) is 24.1 Å². The zero-order chi connectivity index (χ0) is 17.5. The summed E-state index contributed by atoms with van der Waals surface area (Å²) in [6.45, 7) is 8.63. The minimum Gasteiger partial charge on any atom is -0.455 e. The van der Waals surface area contributed by atoms with Crippen LogP contribution in [-0.4, -0.2) is 48.4 Å². The van der Waals surface area contributed by atoms with E-state index in [1.54, 1.807) is 6.07 Å². The van der Waals surface area contributed by atoms with Gasteiger partial charge in [-0.2, -0.15) is 0 Å². The number of benzene rings is 1. The Hall–Kier alpha value is -2.11. The Morgan fingerprint density at radius 1 is 1.00 bits per heavy atom. The van der Waals surface area contributed by atoms with E-state index in [0.717, 1.165) is 51.4 Å². The monoisotopic (exact) mass is 341 g/mol. The van der Waals surface area contributed by atoms with Gasteiger partial charge in [0.2, 0.25) is 0 Å². The number of nitrogens with zero attached hydrogens (tertiary/aromatic N) is 2. The van der Waals surface area contributed by atoms with Crippen LogP contribution in [0.5, 0.6) is 0 Å². The molecule has 3 rings (SSSR count). The number of nitrogens with one attached hydrogen (secondary N) is 1. The van der Waals surface area contributed by atoms with Crippen molar-refractivity contribution < 1.29 is 9.21 Å². The second kappa shape index (κ2) is 8.83. The summed E-state index contributed by atoms with van der Waals surface area (Å²) in [5.74, 6) is 1.14. The van der Waals surface area contributed by atoms with E-state index in [4.69, 9.17) is 4.42 Å². The van der Waals surface area contributed by atoms with E-state index in [0.29, 0.717) is 12.3 Å². The fraction of sp³-hybridized carbons (Fsp3) is 0.450. The Kier molecular flexibility index (Phi) is 6.25. The molecule has 0 saturated carbocycles. The molecule has 1 aliphatic heterocycles. The fourth-order valence-corrected chi connectivity index (χ4v) is 3.08. The molecule has 0 spiro atoms. The van der Waals surface area contributed by atoms with Gasteiger partial charge >= 0.3 is 0 Å². The summed E-state index contributed by atoms with van der Waals surface area (Å²) < 4.78 is 5.70. The van der Waals surface area contributed by atoms with Gasteiger partial charge < -0.3 is 9.73 Å². The molecule has 0 atom stereocenters. The van der Waals surface area contributed by atoms with Crippen LogP contribution in [0.4, 0.5) is 0 Å². The molecule has 1 saturated heterocycles. The normalized spacial score (nSPS) is 16.0. The first-order valence-corrected chi connectivity index (χ1v) is 9.10. The first-order valence-electron chi connectivity index (χ1n) is 9.10. The minimum absolute atomic E-state index is 0.124. The van der Waals surface area contributed by atoms with Crippen LogP contribution in [0.2, 0.25) is 0 Å². The predicted octanol–water partition coefficient (Wildman–Crippen LogP) is 2.74. The molecule has 1 fully saturated rings. The van der Waals surface area contributed by atoms with Gasteiger partial charge in [0.05, 0.1) is 6.54 Å². The summed E-state index contributed by atoms with van der Waals surface area (Å²) >= 11 is 0. The van der Waals surface area contributed by atoms with E-state index in [-0.39, 0.29) is 5.91 Å². The van der Waals surface area contributed by atoms with E-state index < -0.39 is 0 Å². The number of rotatable bonds is 7. The SMILES string of the molecule is CCCNC(=O)c1ccc(CN2CCN(Cc3ccccc3)CC2)o1. The Morgan fingerprint density at radius 2 is 1.68 bits per heavy atom. The number of carbonyl (C=O) groups is 1. The lowest BCUT2D eigenvalue weighted by Crippen LogP contribution is -2.45. The standard InChI is InChI=1S/C20H27N3O2/c1-2-10-21-20(24)19-9-8-18(25-19)16-23-13-11-22(12-14-23)15-17-6-4-3-5-7-17/h3-9H,2,10-16H2,1H3,(H,21,24). The van der Waals surface area contributed by atoms with Gasteiger partial charge in [-0.25, -0.2) is 0 Å². The highest BCUT2D eigenvalue weighted by Crippen LogP contribution is 2.14. The molecule has 2 heterocycles. The maximum atomic E-state index is 11.9. The average molecular weight is 341 g/mol. The highest BCUT2D eigenvalue weighted by Gasteiger charge is 2.19. The molecule has 1 aliphatic rings. The van der Waals surface area contributed by atoms with Crippen LogP contribution < -0.4 is 5.32 Å². The molecule has 0 radical (unpaired) electrons. The Balaban J connectivity index is 1.44. The maximum Gasteiger partial charge on any atom is 0.286 e. The zero-order valence-corrected chi connectivity index (χ0v) is 14.9. The molecule has 1 aromatic carbocycles. The van der Waals surface area contributed by atoms with Crippen molar-refractivity contribution >= 4 is 5.91 Å². The third kappa shape index (κ3) is 5.18. The number of piperazine rings is 1. The van der Waals surface area contributed by atoms with E-state index in [2.05, 4.69) is 45.4 Å². The summed E-state index contributed by atoms with van der Waals surface area (Å²) in [6, 6.07) is 14.3. The molecule has 2 aromatic rings. The fourth-order valence-electron chi connectivity index (χ4n) is 3.08. The zero-order valence-electron chi connectivity index (χ0n) is 14.9. The molecule has 134 valence electrons. The molecule has 0 aliphatic carbocycles. The molecule has 0 unspecified atom stereocenters. The Bertz CT molecular complexity index is 661. The van der Waals surface area contributed by atoms with Crippen LogP contribution in [0.25, 0.3) is 0 Å². The van der Waals surface area contributed by atoms with Crippen molar-refractivity contribution in [3.63, 3.8) is 0 Å². The first-order chi connectivity index (χ1) is 12.2. The number of amides is 1. The van der Waals surface area contributed by atoms with E-state index in [9.17, 15) is 4.79 Å². The van der Waals surface area contributed by atoms with Gasteiger partial charge in [0.15, 0.2) is 5.76 Å². The van der Waals surface area contributed by atoms with Crippen molar-refractivity contribution in [1.29, 1.82) is 0 Å². The summed E-state index contributed by atoms with van der Waals surface area (Å²) in [6.07, 6.45) is 0.923. The summed E-state index contributed by atoms with van der Waals surface area (Å²) in [5, 5.41) is 2.84. The number of carbonyl (C=O) groups excluding carboxylic acids is 1. The van der Waals surface area contributed by atoms with Crippen molar-refractivity contribution in [1.82, 2.24) is 15.1 Å². The molecule has 5 heteroatoms. The highest BCUT2D eigenvalue weighted by molar-refractivity contribution is 5.91. The number of hydrogen-bond donors (Lipinski definition) is 1. The van der Waals surface area contributed by atoms with Gasteiger partial charge in [0, 0.05) is 39.3 Å². The second-order valence-electron chi connectivity index (χ2n) is 6.56. The van der Waals surface area contributed by atoms with Gasteiger partial charge in [0.1, 0.15) is 5.76 Å². The Labute approximate surface area is 149 Å². The predicted molar refractivity (Wildman–Crippen MR) is 98.3 cm³/mol. The summed E-state index contributed by atoms with van der Waals surface area (Å²) in [4.78, 5) is 16.8. The highest BCUT2D eigenvalue weighted by atomic mass is 16.4. The maximum absolute atomic E-state index is 11.9. The van der Waals surface area contributed by atoms with Crippen molar-refractivity contribution in [3.05, 3.63) is 59.5 Å². The second-order valence-corrected chi connectivity index (χ2v) is 6.56. The molecule has 0 bridgehead atoms. The topological polar surface area (TPSA) is 48.7 Å². The molecule has 25 heavy (non-hydrogen) atoms. The van der Waals surface area contributed by atoms with Crippen LogP contribution in [0, 0.1) is 0 Å². The molecule has 1 N–H and O–H groups in total. The van der Waals surface area contributed by atoms with Crippen molar-refractivity contribution in [2.24, 2.45) is 0 Å².